The highest BCUT2D eigenvalue weighted by atomic mass is 16.5. The van der Waals surface area contributed by atoms with Gasteiger partial charge in [-0.25, -0.2) is 0 Å². The van der Waals surface area contributed by atoms with Gasteiger partial charge < -0.3 is 4.74 Å². The highest BCUT2D eigenvalue weighted by Crippen LogP contribution is 2.53. The SMILES string of the molecule is C[C@@H]1OC[C@H]2C=C([C@@]3(C)CCCC(C)(C)C3)CC[C@H]21. The molecule has 0 radical (unpaired) electrons. The normalized spacial score (nSPS) is 45.7. The van der Waals surface area contributed by atoms with E-state index in [9.17, 15) is 0 Å². The van der Waals surface area contributed by atoms with Crippen molar-refractivity contribution in [3.8, 4) is 0 Å². The summed E-state index contributed by atoms with van der Waals surface area (Å²) in [4.78, 5) is 0. The summed E-state index contributed by atoms with van der Waals surface area (Å²) in [5, 5.41) is 0. The molecule has 0 spiro atoms. The second-order valence-electron chi connectivity index (χ2n) is 8.35. The van der Waals surface area contributed by atoms with Crippen molar-refractivity contribution >= 4 is 0 Å². The van der Waals surface area contributed by atoms with E-state index in [4.69, 9.17) is 4.74 Å². The van der Waals surface area contributed by atoms with Crippen molar-refractivity contribution < 1.29 is 4.74 Å². The number of ether oxygens (including phenoxy) is 1. The van der Waals surface area contributed by atoms with E-state index in [1.807, 2.05) is 0 Å². The third-order valence-electron chi connectivity index (χ3n) is 6.09. The van der Waals surface area contributed by atoms with Gasteiger partial charge in [0.1, 0.15) is 0 Å². The maximum atomic E-state index is 5.86. The first-order valence-corrected chi connectivity index (χ1v) is 8.22. The van der Waals surface area contributed by atoms with Crippen LogP contribution in [0.15, 0.2) is 11.6 Å². The molecule has 2 fully saturated rings. The lowest BCUT2D eigenvalue weighted by Crippen LogP contribution is -2.34. The Bertz CT molecular complexity index is 381. The van der Waals surface area contributed by atoms with Gasteiger partial charge in [-0.15, -0.1) is 0 Å². The average Bonchev–Trinajstić information content (AvgIpc) is 2.69. The molecular weight excluding hydrogens is 232 g/mol. The predicted molar refractivity (Wildman–Crippen MR) is 80.1 cm³/mol. The maximum Gasteiger partial charge on any atom is 0.0582 e. The van der Waals surface area contributed by atoms with Crippen LogP contribution in [0.2, 0.25) is 0 Å². The second kappa shape index (κ2) is 4.62. The van der Waals surface area contributed by atoms with Crippen LogP contribution < -0.4 is 0 Å². The summed E-state index contributed by atoms with van der Waals surface area (Å²) in [6.45, 7) is 10.7. The highest BCUT2D eigenvalue weighted by Gasteiger charge is 2.43. The van der Waals surface area contributed by atoms with E-state index in [1.54, 1.807) is 5.57 Å². The van der Waals surface area contributed by atoms with Gasteiger partial charge in [-0.1, -0.05) is 38.8 Å². The quantitative estimate of drug-likeness (QED) is 0.607. The number of allylic oxidation sites excluding steroid dienone is 1. The van der Waals surface area contributed by atoms with Gasteiger partial charge >= 0.3 is 0 Å². The summed E-state index contributed by atoms with van der Waals surface area (Å²) in [6, 6.07) is 0. The Balaban J connectivity index is 1.80. The van der Waals surface area contributed by atoms with Crippen LogP contribution in [0.25, 0.3) is 0 Å². The van der Waals surface area contributed by atoms with Gasteiger partial charge in [0.15, 0.2) is 0 Å². The van der Waals surface area contributed by atoms with Crippen LogP contribution in [-0.2, 0) is 4.74 Å². The van der Waals surface area contributed by atoms with Gasteiger partial charge in [0, 0.05) is 5.92 Å². The van der Waals surface area contributed by atoms with E-state index in [1.165, 1.54) is 38.5 Å². The Labute approximate surface area is 118 Å². The van der Waals surface area contributed by atoms with Gasteiger partial charge in [-0.05, 0) is 55.8 Å². The lowest BCUT2D eigenvalue weighted by molar-refractivity contribution is 0.101. The third-order valence-corrected chi connectivity index (χ3v) is 6.09. The molecule has 0 amide bonds. The number of fused-ring (bicyclic) bond motifs is 1. The molecule has 4 atom stereocenters. The molecule has 0 aromatic heterocycles. The fourth-order valence-corrected chi connectivity index (χ4v) is 5.11. The van der Waals surface area contributed by atoms with Gasteiger partial charge in [0.2, 0.25) is 0 Å². The zero-order valence-corrected chi connectivity index (χ0v) is 13.2. The van der Waals surface area contributed by atoms with Crippen molar-refractivity contribution in [2.75, 3.05) is 6.61 Å². The van der Waals surface area contributed by atoms with Crippen molar-refractivity contribution in [3.05, 3.63) is 11.6 Å². The van der Waals surface area contributed by atoms with Crippen molar-refractivity contribution in [1.29, 1.82) is 0 Å². The third kappa shape index (κ3) is 2.51. The standard InChI is InChI=1S/C18H30O/c1-13-16-7-6-15(10-14(16)11-19-13)18(4)9-5-8-17(2,3)12-18/h10,13-14,16H,5-9,11-12H2,1-4H3/t13-,14+,16-,18-/m0/s1. The Morgan fingerprint density at radius 1 is 1.21 bits per heavy atom. The molecule has 0 unspecified atom stereocenters. The molecule has 3 rings (SSSR count). The molecule has 1 heterocycles. The summed E-state index contributed by atoms with van der Waals surface area (Å²) in [6.07, 6.45) is 11.4. The van der Waals surface area contributed by atoms with E-state index in [2.05, 4.69) is 33.8 Å². The topological polar surface area (TPSA) is 9.23 Å². The minimum Gasteiger partial charge on any atom is -0.378 e. The molecule has 1 aliphatic heterocycles. The van der Waals surface area contributed by atoms with Crippen LogP contribution in [0.1, 0.15) is 66.2 Å². The van der Waals surface area contributed by atoms with Crippen molar-refractivity contribution in [2.45, 2.75) is 72.3 Å². The van der Waals surface area contributed by atoms with Gasteiger partial charge in [-0.3, -0.25) is 0 Å². The minimum atomic E-state index is 0.471. The highest BCUT2D eigenvalue weighted by molar-refractivity contribution is 5.21. The zero-order chi connectivity index (χ0) is 13.7. The van der Waals surface area contributed by atoms with Crippen LogP contribution >= 0.6 is 0 Å². The van der Waals surface area contributed by atoms with E-state index in [0.717, 1.165) is 12.5 Å². The molecule has 0 aromatic rings. The smallest absolute Gasteiger partial charge is 0.0582 e. The molecule has 1 saturated carbocycles. The summed E-state index contributed by atoms with van der Waals surface area (Å²) in [7, 11) is 0. The first-order chi connectivity index (χ1) is 8.90. The molecule has 0 N–H and O–H groups in total. The van der Waals surface area contributed by atoms with E-state index in [0.29, 0.717) is 22.9 Å². The predicted octanol–water partition coefficient (Wildman–Crippen LogP) is 4.96. The monoisotopic (exact) mass is 262 g/mol. The molecule has 108 valence electrons. The van der Waals surface area contributed by atoms with E-state index in [-0.39, 0.29) is 0 Å². The van der Waals surface area contributed by atoms with Crippen molar-refractivity contribution in [2.24, 2.45) is 22.7 Å². The lowest BCUT2D eigenvalue weighted by atomic mass is 9.59. The number of rotatable bonds is 1. The van der Waals surface area contributed by atoms with Crippen LogP contribution in [-0.4, -0.2) is 12.7 Å². The number of hydrogen-bond donors (Lipinski definition) is 0. The fraction of sp³-hybridized carbons (Fsp3) is 0.889. The van der Waals surface area contributed by atoms with Crippen LogP contribution in [0, 0.1) is 22.7 Å². The second-order valence-corrected chi connectivity index (χ2v) is 8.35. The molecule has 2 aliphatic carbocycles. The first-order valence-electron chi connectivity index (χ1n) is 8.22. The molecule has 1 saturated heterocycles. The molecule has 0 aromatic carbocycles. The Morgan fingerprint density at radius 2 is 2.00 bits per heavy atom. The number of hydrogen-bond acceptors (Lipinski definition) is 1. The Hall–Kier alpha value is -0.300. The Kier molecular flexibility index (Phi) is 3.32. The van der Waals surface area contributed by atoms with Crippen LogP contribution in [0.3, 0.4) is 0 Å². The molecule has 0 bridgehead atoms. The summed E-state index contributed by atoms with van der Waals surface area (Å²) in [5.74, 6) is 1.50. The van der Waals surface area contributed by atoms with Crippen molar-refractivity contribution in [1.82, 2.24) is 0 Å². The zero-order valence-electron chi connectivity index (χ0n) is 13.2. The van der Waals surface area contributed by atoms with Gasteiger partial charge in [0.05, 0.1) is 12.7 Å². The Morgan fingerprint density at radius 3 is 2.74 bits per heavy atom. The maximum absolute atomic E-state index is 5.86. The minimum absolute atomic E-state index is 0.471. The summed E-state index contributed by atoms with van der Waals surface area (Å²) >= 11 is 0. The summed E-state index contributed by atoms with van der Waals surface area (Å²) in [5.41, 5.74) is 2.77. The van der Waals surface area contributed by atoms with E-state index < -0.39 is 0 Å². The van der Waals surface area contributed by atoms with Crippen LogP contribution in [0.4, 0.5) is 0 Å². The average molecular weight is 262 g/mol. The lowest BCUT2D eigenvalue weighted by Gasteiger charge is -2.46. The fourth-order valence-electron chi connectivity index (χ4n) is 5.11. The summed E-state index contributed by atoms with van der Waals surface area (Å²) < 4.78 is 5.86. The van der Waals surface area contributed by atoms with Gasteiger partial charge in [-0.2, -0.15) is 0 Å². The largest absolute Gasteiger partial charge is 0.378 e. The van der Waals surface area contributed by atoms with Crippen molar-refractivity contribution in [3.63, 3.8) is 0 Å². The molecule has 19 heavy (non-hydrogen) atoms. The van der Waals surface area contributed by atoms with E-state index >= 15 is 0 Å². The van der Waals surface area contributed by atoms with Gasteiger partial charge in [0.25, 0.3) is 0 Å². The molecule has 3 aliphatic rings. The van der Waals surface area contributed by atoms with Crippen LogP contribution in [0.5, 0.6) is 0 Å². The molecule has 1 heteroatoms. The first kappa shape index (κ1) is 13.7. The molecular formula is C18H30O. The molecule has 1 nitrogen and oxygen atoms in total.